The summed E-state index contributed by atoms with van der Waals surface area (Å²) in [6, 6.07) is 23.1. The van der Waals surface area contributed by atoms with Crippen LogP contribution in [0.4, 0.5) is 19.2 Å². The Balaban J connectivity index is 0.000000174. The lowest BCUT2D eigenvalue weighted by molar-refractivity contribution is 0.0532. The minimum atomic E-state index is -0.513. The number of carbonyl (C=O) groups excluding carboxylic acids is 4. The second-order valence-electron chi connectivity index (χ2n) is 20.3. The van der Waals surface area contributed by atoms with Gasteiger partial charge in [-0.2, -0.15) is 0 Å². The van der Waals surface area contributed by atoms with Crippen molar-refractivity contribution < 1.29 is 38.1 Å². The maximum atomic E-state index is 12.0. The highest BCUT2D eigenvalue weighted by molar-refractivity contribution is 9.08. The van der Waals surface area contributed by atoms with Gasteiger partial charge in [-0.1, -0.05) is 56.1 Å². The molecule has 8 rings (SSSR count). The third-order valence-corrected chi connectivity index (χ3v) is 10.6. The molecule has 4 aromatic carbocycles. The topological polar surface area (TPSA) is 176 Å². The molecule has 0 radical (unpaired) electrons. The normalized spacial score (nSPS) is 11.8. The van der Waals surface area contributed by atoms with Crippen LogP contribution in [0, 0.1) is 13.8 Å². The molecule has 0 amide bonds. The quantitative estimate of drug-likeness (QED) is 0.118. The number of hydrogen-bond acceptors (Lipinski definition) is 12. The molecule has 0 spiro atoms. The summed E-state index contributed by atoms with van der Waals surface area (Å²) in [7, 11) is 0. The largest absolute Gasteiger partial charge is 0.443 e. The number of alkyl halides is 2. The Morgan fingerprint density at radius 1 is 0.400 bits per heavy atom. The number of imidazole rings is 4. The van der Waals surface area contributed by atoms with Crippen LogP contribution < -0.4 is 0 Å². The van der Waals surface area contributed by atoms with Crippen LogP contribution in [-0.4, -0.2) is 85.0 Å². The lowest BCUT2D eigenvalue weighted by atomic mass is 10.2. The van der Waals surface area contributed by atoms with Gasteiger partial charge in [-0.3, -0.25) is 0 Å². The predicted molar refractivity (Wildman–Crippen MR) is 280 cm³/mol. The zero-order valence-electron chi connectivity index (χ0n) is 42.3. The summed E-state index contributed by atoms with van der Waals surface area (Å²) in [4.78, 5) is 64.7. The zero-order chi connectivity index (χ0) is 51.9. The van der Waals surface area contributed by atoms with Crippen LogP contribution in [0.2, 0.25) is 0 Å². The minimum Gasteiger partial charge on any atom is -0.443 e. The Hall–Kier alpha value is -6.40. The van der Waals surface area contributed by atoms with Gasteiger partial charge in [0.25, 0.3) is 0 Å². The summed E-state index contributed by atoms with van der Waals surface area (Å²) in [5, 5.41) is 1.50. The van der Waals surface area contributed by atoms with Crippen molar-refractivity contribution in [3.63, 3.8) is 0 Å². The smallest absolute Gasteiger partial charge is 0.420 e. The number of nitrogens with zero attached hydrogens (tertiary/aromatic N) is 8. The fourth-order valence-electron chi connectivity index (χ4n) is 6.34. The van der Waals surface area contributed by atoms with Crippen molar-refractivity contribution in [1.82, 2.24) is 38.2 Å². The molecule has 4 heterocycles. The van der Waals surface area contributed by atoms with Gasteiger partial charge in [0.15, 0.2) is 0 Å². The van der Waals surface area contributed by atoms with E-state index in [0.29, 0.717) is 0 Å². The van der Waals surface area contributed by atoms with Crippen molar-refractivity contribution in [2.45, 2.75) is 130 Å². The molecule has 0 unspecified atom stereocenters. The Kier molecular flexibility index (Phi) is 17.2. The second kappa shape index (κ2) is 22.1. The maximum Gasteiger partial charge on any atom is 0.420 e. The van der Waals surface area contributed by atoms with Crippen LogP contribution in [0.25, 0.3) is 44.1 Å². The molecular formula is C52H62Br2N8O8. The Bertz CT molecular complexity index is 3140. The summed E-state index contributed by atoms with van der Waals surface area (Å²) in [5.74, 6) is 0. The van der Waals surface area contributed by atoms with Crippen LogP contribution in [0.15, 0.2) is 98.1 Å². The van der Waals surface area contributed by atoms with Gasteiger partial charge >= 0.3 is 24.4 Å². The number of ether oxygens (including phenoxy) is 4. The molecule has 0 saturated carbocycles. The number of fused-ring (bicyclic) bond motifs is 4. The first-order valence-electron chi connectivity index (χ1n) is 22.4. The highest BCUT2D eigenvalue weighted by Gasteiger charge is 2.23. The van der Waals surface area contributed by atoms with Gasteiger partial charge in [-0.25, -0.2) is 57.4 Å². The molecule has 0 fully saturated rings. The van der Waals surface area contributed by atoms with Crippen molar-refractivity contribution in [3.8, 4) is 0 Å². The van der Waals surface area contributed by atoms with E-state index in [0.717, 1.165) is 77.0 Å². The summed E-state index contributed by atoms with van der Waals surface area (Å²) in [5.41, 5.74) is 8.62. The van der Waals surface area contributed by atoms with Gasteiger partial charge in [0.1, 0.15) is 47.7 Å². The molecule has 0 aliphatic heterocycles. The summed E-state index contributed by atoms with van der Waals surface area (Å²) in [6.45, 7) is 26.1. The van der Waals surface area contributed by atoms with Gasteiger partial charge < -0.3 is 18.9 Å². The SMILES string of the molecule is CC(C)(C)OC(=O)n1cnc2cc(CBr)ccc21.CC(C)(C)OC(=O)n1cnc2ccc(CBr)cc21.Cc1ccc2c(c1)ncn2C(=O)OC(C)(C)C.Cc1ccc2ncn(C(=O)OC(C)(C)C)c2c1. The molecule has 0 bridgehead atoms. The highest BCUT2D eigenvalue weighted by Crippen LogP contribution is 2.22. The number of rotatable bonds is 2. The second-order valence-corrected chi connectivity index (χ2v) is 21.4. The first-order chi connectivity index (χ1) is 32.5. The number of hydrogen-bond donors (Lipinski definition) is 0. The number of benzene rings is 4. The average Bonchev–Trinajstić information content (AvgIpc) is 4.06. The molecule has 4 aromatic heterocycles. The van der Waals surface area contributed by atoms with Gasteiger partial charge in [0.05, 0.1) is 44.1 Å². The van der Waals surface area contributed by atoms with Crippen LogP contribution in [0.5, 0.6) is 0 Å². The standard InChI is InChI=1S/2C13H15BrN2O2.2C13H16N2O2/c1-13(2,3)18-12(17)16-8-15-10-6-9(7-14)4-5-11(10)16;1-13(2,3)18-12(17)16-8-15-10-5-4-9(7-14)6-11(10)16;1-9-5-6-11-10(7-9)14-8-15(11)12(16)17-13(2,3)4;1-9-5-6-10-11(7-9)15(8-14-10)12(16)17-13(2,3)4/h2*4-6,8H,7H2,1-3H3;2*5-8H,1-4H3. The van der Waals surface area contributed by atoms with Crippen LogP contribution in [-0.2, 0) is 29.6 Å². The lowest BCUT2D eigenvalue weighted by Gasteiger charge is -2.19. The van der Waals surface area contributed by atoms with Crippen molar-refractivity contribution in [3.05, 3.63) is 120 Å². The fraction of sp³-hybridized carbons (Fsp3) is 0.385. The van der Waals surface area contributed by atoms with Crippen LogP contribution >= 0.6 is 31.9 Å². The zero-order valence-corrected chi connectivity index (χ0v) is 45.4. The predicted octanol–water partition coefficient (Wildman–Crippen LogP) is 13.7. The summed E-state index contributed by atoms with van der Waals surface area (Å²) >= 11 is 6.79. The Labute approximate surface area is 424 Å². The van der Waals surface area contributed by atoms with E-state index < -0.39 is 46.8 Å². The van der Waals surface area contributed by atoms with E-state index in [9.17, 15) is 19.2 Å². The molecule has 70 heavy (non-hydrogen) atoms. The molecule has 16 nitrogen and oxygen atoms in total. The van der Waals surface area contributed by atoms with Crippen molar-refractivity contribution in [1.29, 1.82) is 0 Å². The monoisotopic (exact) mass is 1080 g/mol. The van der Waals surface area contributed by atoms with E-state index in [2.05, 4.69) is 51.8 Å². The Morgan fingerprint density at radius 2 is 0.700 bits per heavy atom. The molecule has 8 aromatic rings. The number of aromatic nitrogens is 8. The van der Waals surface area contributed by atoms with Crippen LogP contribution in [0.1, 0.15) is 105 Å². The number of halogens is 2. The molecular weight excluding hydrogens is 1020 g/mol. The van der Waals surface area contributed by atoms with E-state index >= 15 is 0 Å². The van der Waals surface area contributed by atoms with Crippen molar-refractivity contribution in [2.24, 2.45) is 0 Å². The molecule has 0 atom stereocenters. The van der Waals surface area contributed by atoms with Crippen LogP contribution in [0.3, 0.4) is 0 Å². The number of aryl methyl sites for hydroxylation is 2. The molecule has 0 aliphatic carbocycles. The molecule has 18 heteroatoms. The van der Waals surface area contributed by atoms with E-state index in [1.54, 1.807) is 0 Å². The first kappa shape index (κ1) is 54.5. The summed E-state index contributed by atoms with van der Waals surface area (Å²) < 4.78 is 27.0. The van der Waals surface area contributed by atoms with E-state index in [4.69, 9.17) is 18.9 Å². The number of carbonyl (C=O) groups is 4. The third kappa shape index (κ3) is 15.3. The molecule has 0 N–H and O–H groups in total. The van der Waals surface area contributed by atoms with Gasteiger partial charge in [0, 0.05) is 10.7 Å². The average molecular weight is 1090 g/mol. The van der Waals surface area contributed by atoms with Gasteiger partial charge in [0.2, 0.25) is 0 Å². The lowest BCUT2D eigenvalue weighted by Crippen LogP contribution is -2.26. The van der Waals surface area contributed by atoms with Crippen molar-refractivity contribution >= 4 is 100 Å². The minimum absolute atomic E-state index is 0.398. The van der Waals surface area contributed by atoms with E-state index in [-0.39, 0.29) is 0 Å². The summed E-state index contributed by atoms with van der Waals surface area (Å²) in [6.07, 6.45) is 4.38. The first-order valence-corrected chi connectivity index (χ1v) is 24.6. The maximum absolute atomic E-state index is 12.0. The molecule has 0 saturated heterocycles. The highest BCUT2D eigenvalue weighted by atomic mass is 79.9. The van der Waals surface area contributed by atoms with Crippen molar-refractivity contribution in [2.75, 3.05) is 0 Å². The Morgan fingerprint density at radius 3 is 1.11 bits per heavy atom. The van der Waals surface area contributed by atoms with E-state index in [1.165, 1.54) is 43.6 Å². The van der Waals surface area contributed by atoms with E-state index in [1.807, 2.05) is 170 Å². The van der Waals surface area contributed by atoms with Gasteiger partial charge in [-0.15, -0.1) is 0 Å². The molecule has 372 valence electrons. The van der Waals surface area contributed by atoms with Gasteiger partial charge in [-0.05, 0) is 168 Å². The third-order valence-electron chi connectivity index (χ3n) is 9.30. The molecule has 0 aliphatic rings. The fourth-order valence-corrected chi connectivity index (χ4v) is 7.04.